The standard InChI is InChI=1S/2C11H17N3O2/c2*1-2-16-11(15)7-14-10-5-3-4-9(12)8(10)6-13-14/h2*6,9H,2-5,7,12H2,1H3/t2*9-/m10/s1. The van der Waals surface area contributed by atoms with Gasteiger partial charge in [-0.1, -0.05) is 0 Å². The second kappa shape index (κ2) is 11.2. The van der Waals surface area contributed by atoms with Gasteiger partial charge in [0, 0.05) is 34.6 Å². The zero-order chi connectivity index (χ0) is 23.1. The van der Waals surface area contributed by atoms with Gasteiger partial charge >= 0.3 is 11.9 Å². The summed E-state index contributed by atoms with van der Waals surface area (Å²) in [6, 6.07) is 0.138. The zero-order valence-electron chi connectivity index (χ0n) is 19.0. The van der Waals surface area contributed by atoms with E-state index in [0.29, 0.717) is 13.2 Å². The van der Waals surface area contributed by atoms with Crippen LogP contribution in [0.25, 0.3) is 0 Å². The quantitative estimate of drug-likeness (QED) is 0.637. The number of nitrogens with zero attached hydrogens (tertiary/aromatic N) is 4. The van der Waals surface area contributed by atoms with Gasteiger partial charge in [0.2, 0.25) is 0 Å². The van der Waals surface area contributed by atoms with Crippen LogP contribution in [0.5, 0.6) is 0 Å². The van der Waals surface area contributed by atoms with E-state index in [1.54, 1.807) is 35.6 Å². The molecule has 176 valence electrons. The molecule has 2 aliphatic rings. The van der Waals surface area contributed by atoms with Crippen molar-refractivity contribution in [3.05, 3.63) is 34.9 Å². The molecule has 2 aromatic heterocycles. The highest BCUT2D eigenvalue weighted by atomic mass is 16.5. The maximum Gasteiger partial charge on any atom is 0.327 e. The first-order chi connectivity index (χ1) is 15.4. The third-order valence-corrected chi connectivity index (χ3v) is 5.79. The van der Waals surface area contributed by atoms with E-state index >= 15 is 0 Å². The smallest absolute Gasteiger partial charge is 0.327 e. The summed E-state index contributed by atoms with van der Waals surface area (Å²) in [7, 11) is 0. The monoisotopic (exact) mass is 446 g/mol. The minimum atomic E-state index is -0.243. The van der Waals surface area contributed by atoms with E-state index < -0.39 is 0 Å². The second-order valence-electron chi connectivity index (χ2n) is 8.02. The Labute approximate surface area is 188 Å². The molecule has 0 saturated carbocycles. The van der Waals surface area contributed by atoms with Gasteiger partial charge in [-0.05, 0) is 52.4 Å². The Hall–Kier alpha value is -2.72. The minimum absolute atomic E-state index is 0.0692. The summed E-state index contributed by atoms with van der Waals surface area (Å²) in [5.74, 6) is -0.486. The number of aromatic nitrogens is 4. The topological polar surface area (TPSA) is 140 Å². The molecule has 2 aromatic rings. The molecule has 2 heterocycles. The number of carbonyl (C=O) groups excluding carboxylic acids is 2. The fraction of sp³-hybridized carbons (Fsp3) is 0.636. The van der Waals surface area contributed by atoms with Crippen molar-refractivity contribution < 1.29 is 19.1 Å². The Bertz CT molecular complexity index is 847. The molecular weight excluding hydrogens is 412 g/mol. The number of carbonyl (C=O) groups is 2. The molecule has 0 bridgehead atoms. The van der Waals surface area contributed by atoms with E-state index in [4.69, 9.17) is 20.9 Å². The van der Waals surface area contributed by atoms with Gasteiger partial charge in [0.1, 0.15) is 13.1 Å². The molecule has 0 spiro atoms. The summed E-state index contributed by atoms with van der Waals surface area (Å²) in [5, 5.41) is 8.41. The minimum Gasteiger partial charge on any atom is -0.465 e. The average Bonchev–Trinajstić information content (AvgIpc) is 3.35. The predicted octanol–water partition coefficient (Wildman–Crippen LogP) is 1.56. The lowest BCUT2D eigenvalue weighted by molar-refractivity contribution is -0.145. The summed E-state index contributed by atoms with van der Waals surface area (Å²) < 4.78 is 13.2. The van der Waals surface area contributed by atoms with E-state index in [1.807, 2.05) is 0 Å². The highest BCUT2D eigenvalue weighted by Crippen LogP contribution is 2.28. The average molecular weight is 447 g/mol. The number of hydrogen-bond acceptors (Lipinski definition) is 8. The van der Waals surface area contributed by atoms with Crippen LogP contribution >= 0.6 is 0 Å². The van der Waals surface area contributed by atoms with Crippen LogP contribution < -0.4 is 11.5 Å². The summed E-state index contributed by atoms with van der Waals surface area (Å²) in [4.78, 5) is 22.7. The Morgan fingerprint density at radius 3 is 1.66 bits per heavy atom. The van der Waals surface area contributed by atoms with Gasteiger partial charge in [-0.2, -0.15) is 10.2 Å². The number of rotatable bonds is 6. The summed E-state index contributed by atoms with van der Waals surface area (Å²) >= 11 is 0. The molecule has 10 heteroatoms. The van der Waals surface area contributed by atoms with Crippen LogP contribution in [0.2, 0.25) is 0 Å². The first-order valence-corrected chi connectivity index (χ1v) is 11.4. The molecule has 0 radical (unpaired) electrons. The van der Waals surface area contributed by atoms with Crippen LogP contribution in [-0.2, 0) is 45.0 Å². The third kappa shape index (κ3) is 5.74. The molecule has 0 fully saturated rings. The Morgan fingerprint density at radius 1 is 0.875 bits per heavy atom. The van der Waals surface area contributed by atoms with Crippen molar-refractivity contribution in [2.75, 3.05) is 13.2 Å². The Balaban J connectivity index is 0.000000181. The normalized spacial score (nSPS) is 19.2. The third-order valence-electron chi connectivity index (χ3n) is 5.79. The van der Waals surface area contributed by atoms with Gasteiger partial charge in [-0.15, -0.1) is 0 Å². The SMILES string of the molecule is CCOC(=O)Cn1ncc2c1CCC[C@@H]2N.CCOC(=O)Cn1ncc2c1CCC[C@H]2N. The molecule has 0 amide bonds. The van der Waals surface area contributed by atoms with E-state index in [0.717, 1.165) is 61.0 Å². The molecule has 0 saturated heterocycles. The lowest BCUT2D eigenvalue weighted by atomic mass is 9.94. The van der Waals surface area contributed by atoms with Gasteiger partial charge in [-0.25, -0.2) is 0 Å². The molecular formula is C22H34N6O4. The molecule has 2 aliphatic carbocycles. The van der Waals surface area contributed by atoms with E-state index in [-0.39, 0.29) is 37.1 Å². The zero-order valence-corrected chi connectivity index (χ0v) is 19.0. The molecule has 0 unspecified atom stereocenters. The first-order valence-electron chi connectivity index (χ1n) is 11.4. The van der Waals surface area contributed by atoms with Crippen molar-refractivity contribution >= 4 is 11.9 Å². The van der Waals surface area contributed by atoms with Crippen molar-refractivity contribution in [1.82, 2.24) is 19.6 Å². The lowest BCUT2D eigenvalue weighted by Crippen LogP contribution is -2.21. The van der Waals surface area contributed by atoms with Crippen molar-refractivity contribution in [1.29, 1.82) is 0 Å². The number of fused-ring (bicyclic) bond motifs is 2. The number of hydrogen-bond donors (Lipinski definition) is 2. The van der Waals surface area contributed by atoms with E-state index in [2.05, 4.69) is 10.2 Å². The molecule has 0 aliphatic heterocycles. The summed E-state index contributed by atoms with van der Waals surface area (Å²) in [6.07, 6.45) is 9.56. The van der Waals surface area contributed by atoms with Crippen LogP contribution in [0.4, 0.5) is 0 Å². The summed E-state index contributed by atoms with van der Waals surface area (Å²) in [6.45, 7) is 4.79. The van der Waals surface area contributed by atoms with Crippen molar-refractivity contribution in [2.45, 2.75) is 77.5 Å². The Kier molecular flexibility index (Phi) is 8.40. The molecule has 4 N–H and O–H groups in total. The van der Waals surface area contributed by atoms with Crippen molar-refractivity contribution in [2.24, 2.45) is 11.5 Å². The number of nitrogens with two attached hydrogens (primary N) is 2. The van der Waals surface area contributed by atoms with E-state index in [9.17, 15) is 9.59 Å². The van der Waals surface area contributed by atoms with Crippen LogP contribution in [0.15, 0.2) is 12.4 Å². The maximum absolute atomic E-state index is 11.4. The van der Waals surface area contributed by atoms with Gasteiger partial charge in [-0.3, -0.25) is 19.0 Å². The van der Waals surface area contributed by atoms with Crippen molar-refractivity contribution in [3.8, 4) is 0 Å². The van der Waals surface area contributed by atoms with Crippen molar-refractivity contribution in [3.63, 3.8) is 0 Å². The number of esters is 2. The highest BCUT2D eigenvalue weighted by Gasteiger charge is 2.23. The summed E-state index contributed by atoms with van der Waals surface area (Å²) in [5.41, 5.74) is 16.3. The van der Waals surface area contributed by atoms with Crippen LogP contribution in [-0.4, -0.2) is 44.7 Å². The first kappa shape index (κ1) is 23.9. The van der Waals surface area contributed by atoms with E-state index in [1.165, 1.54) is 0 Å². The fourth-order valence-corrected chi connectivity index (χ4v) is 4.24. The fourth-order valence-electron chi connectivity index (χ4n) is 4.24. The van der Waals surface area contributed by atoms with Gasteiger partial charge in [0.25, 0.3) is 0 Å². The highest BCUT2D eigenvalue weighted by molar-refractivity contribution is 5.69. The van der Waals surface area contributed by atoms with Gasteiger partial charge < -0.3 is 20.9 Å². The Morgan fingerprint density at radius 2 is 1.28 bits per heavy atom. The lowest BCUT2D eigenvalue weighted by Gasteiger charge is -2.19. The van der Waals surface area contributed by atoms with Gasteiger partial charge in [0.15, 0.2) is 0 Å². The molecule has 2 atom stereocenters. The van der Waals surface area contributed by atoms with Crippen LogP contribution in [0.1, 0.15) is 74.1 Å². The molecule has 0 aromatic carbocycles. The maximum atomic E-state index is 11.4. The van der Waals surface area contributed by atoms with Crippen LogP contribution in [0, 0.1) is 0 Å². The molecule has 4 rings (SSSR count). The molecule has 10 nitrogen and oxygen atoms in total. The predicted molar refractivity (Wildman–Crippen MR) is 117 cm³/mol. The molecule has 32 heavy (non-hydrogen) atoms. The second-order valence-corrected chi connectivity index (χ2v) is 8.02. The van der Waals surface area contributed by atoms with Crippen LogP contribution in [0.3, 0.4) is 0 Å². The largest absolute Gasteiger partial charge is 0.465 e. The van der Waals surface area contributed by atoms with Gasteiger partial charge in [0.05, 0.1) is 25.6 Å². The number of ether oxygens (including phenoxy) is 2.